The van der Waals surface area contributed by atoms with Gasteiger partial charge in [-0.25, -0.2) is 0 Å². The molecule has 2 aromatic rings. The number of furan rings is 1. The molecule has 1 aromatic heterocycles. The van der Waals surface area contributed by atoms with Gasteiger partial charge in [-0.15, -0.1) is 6.58 Å². The minimum atomic E-state index is -0.145. The molecule has 0 aliphatic carbocycles. The lowest BCUT2D eigenvalue weighted by Crippen LogP contribution is -2.27. The van der Waals surface area contributed by atoms with Gasteiger partial charge < -0.3 is 4.42 Å². The second-order valence-electron chi connectivity index (χ2n) is 4.94. The number of amides is 1. The van der Waals surface area contributed by atoms with Crippen LogP contribution in [0, 0.1) is 0 Å². The molecule has 0 spiro atoms. The highest BCUT2D eigenvalue weighted by Crippen LogP contribution is 2.34. The molecule has 0 N–H and O–H groups in total. The second kappa shape index (κ2) is 7.15. The molecule has 7 heteroatoms. The number of benzene rings is 1. The number of thioether (sulfide) groups is 1. The third-order valence-corrected chi connectivity index (χ3v) is 5.05. The van der Waals surface area contributed by atoms with Gasteiger partial charge in [-0.05, 0) is 30.3 Å². The van der Waals surface area contributed by atoms with E-state index in [0.29, 0.717) is 37.3 Å². The minimum absolute atomic E-state index is 0.145. The van der Waals surface area contributed by atoms with Crippen molar-refractivity contribution in [3.05, 3.63) is 63.7 Å². The third kappa shape index (κ3) is 3.59. The molecule has 3 rings (SSSR count). The Labute approximate surface area is 158 Å². The van der Waals surface area contributed by atoms with Crippen LogP contribution in [0.25, 0.3) is 17.4 Å². The van der Waals surface area contributed by atoms with Gasteiger partial charge in [0, 0.05) is 28.2 Å². The van der Waals surface area contributed by atoms with Crippen molar-refractivity contribution in [3.63, 3.8) is 0 Å². The molecule has 0 atom stereocenters. The maximum absolute atomic E-state index is 12.3. The Bertz CT molecular complexity index is 853. The van der Waals surface area contributed by atoms with Crippen LogP contribution in [-0.2, 0) is 4.79 Å². The van der Waals surface area contributed by atoms with E-state index in [0.717, 1.165) is 5.56 Å². The van der Waals surface area contributed by atoms with Crippen LogP contribution in [0.1, 0.15) is 5.76 Å². The highest BCUT2D eigenvalue weighted by atomic mass is 35.5. The van der Waals surface area contributed by atoms with E-state index in [9.17, 15) is 4.79 Å². The number of carbonyl (C=O) groups is 1. The molecule has 1 amide bonds. The molecule has 1 aromatic carbocycles. The first-order valence-electron chi connectivity index (χ1n) is 6.90. The number of rotatable bonds is 4. The summed E-state index contributed by atoms with van der Waals surface area (Å²) in [5.74, 6) is 1.03. The SMILES string of the molecule is C=CCN1C(=O)C(=Cc2ccc(-c3cc(Cl)cc(Cl)c3)o2)SC1=S. The second-order valence-corrected chi connectivity index (χ2v) is 7.49. The van der Waals surface area contributed by atoms with Crippen LogP contribution in [0.15, 0.2) is 52.3 Å². The van der Waals surface area contributed by atoms with Crippen molar-refractivity contribution in [1.82, 2.24) is 4.90 Å². The minimum Gasteiger partial charge on any atom is -0.457 e. The average molecular weight is 396 g/mol. The van der Waals surface area contributed by atoms with Gasteiger partial charge in [0.25, 0.3) is 5.91 Å². The van der Waals surface area contributed by atoms with E-state index in [2.05, 4.69) is 6.58 Å². The largest absolute Gasteiger partial charge is 0.457 e. The highest BCUT2D eigenvalue weighted by Gasteiger charge is 2.31. The lowest BCUT2D eigenvalue weighted by atomic mass is 10.2. The predicted molar refractivity (Wildman–Crippen MR) is 104 cm³/mol. The zero-order valence-electron chi connectivity index (χ0n) is 12.3. The van der Waals surface area contributed by atoms with Crippen LogP contribution < -0.4 is 0 Å². The summed E-state index contributed by atoms with van der Waals surface area (Å²) in [6, 6.07) is 8.77. The van der Waals surface area contributed by atoms with Crippen LogP contribution in [0.3, 0.4) is 0 Å². The Morgan fingerprint density at radius 1 is 1.25 bits per heavy atom. The van der Waals surface area contributed by atoms with Crippen LogP contribution >= 0.6 is 47.2 Å². The lowest BCUT2D eigenvalue weighted by Gasteiger charge is -2.10. The molecule has 0 saturated carbocycles. The molecule has 1 fully saturated rings. The van der Waals surface area contributed by atoms with Crippen molar-refractivity contribution in [1.29, 1.82) is 0 Å². The van der Waals surface area contributed by atoms with Crippen molar-refractivity contribution in [2.75, 3.05) is 6.54 Å². The number of thiocarbonyl (C=S) groups is 1. The molecule has 122 valence electrons. The molecule has 3 nitrogen and oxygen atoms in total. The van der Waals surface area contributed by atoms with Gasteiger partial charge in [-0.1, -0.05) is 53.3 Å². The predicted octanol–water partition coefficient (Wildman–Crippen LogP) is 5.64. The summed E-state index contributed by atoms with van der Waals surface area (Å²) >= 11 is 18.5. The summed E-state index contributed by atoms with van der Waals surface area (Å²) in [5, 5.41) is 1.06. The van der Waals surface area contributed by atoms with Gasteiger partial charge in [0.15, 0.2) is 0 Å². The Balaban J connectivity index is 1.87. The van der Waals surface area contributed by atoms with Crippen molar-refractivity contribution in [3.8, 4) is 11.3 Å². The van der Waals surface area contributed by atoms with Gasteiger partial charge in [-0.3, -0.25) is 9.69 Å². The Morgan fingerprint density at radius 3 is 2.62 bits per heavy atom. The quantitative estimate of drug-likeness (QED) is 0.380. The molecule has 1 saturated heterocycles. The lowest BCUT2D eigenvalue weighted by molar-refractivity contribution is -0.121. The number of hydrogen-bond acceptors (Lipinski definition) is 4. The van der Waals surface area contributed by atoms with E-state index in [1.54, 1.807) is 42.5 Å². The van der Waals surface area contributed by atoms with E-state index < -0.39 is 0 Å². The van der Waals surface area contributed by atoms with Crippen molar-refractivity contribution in [2.24, 2.45) is 0 Å². The molecular weight excluding hydrogens is 385 g/mol. The zero-order valence-corrected chi connectivity index (χ0v) is 15.4. The number of carbonyl (C=O) groups excluding carboxylic acids is 1. The summed E-state index contributed by atoms with van der Waals surface area (Å²) in [6.45, 7) is 4.03. The third-order valence-electron chi connectivity index (χ3n) is 3.23. The Morgan fingerprint density at radius 2 is 1.96 bits per heavy atom. The molecule has 1 aliphatic heterocycles. The fourth-order valence-corrected chi connectivity index (χ4v) is 3.98. The van der Waals surface area contributed by atoms with Crippen LogP contribution in [-0.4, -0.2) is 21.7 Å². The normalized spacial score (nSPS) is 16.2. The highest BCUT2D eigenvalue weighted by molar-refractivity contribution is 8.26. The molecule has 24 heavy (non-hydrogen) atoms. The monoisotopic (exact) mass is 395 g/mol. The fourth-order valence-electron chi connectivity index (χ4n) is 2.20. The first kappa shape index (κ1) is 17.3. The molecule has 1 aliphatic rings. The van der Waals surface area contributed by atoms with Gasteiger partial charge >= 0.3 is 0 Å². The van der Waals surface area contributed by atoms with Crippen molar-refractivity contribution < 1.29 is 9.21 Å². The van der Waals surface area contributed by atoms with Crippen LogP contribution in [0.2, 0.25) is 10.0 Å². The van der Waals surface area contributed by atoms with Crippen molar-refractivity contribution in [2.45, 2.75) is 0 Å². The van der Waals surface area contributed by atoms with Gasteiger partial charge in [0.2, 0.25) is 0 Å². The maximum atomic E-state index is 12.3. The fraction of sp³-hybridized carbons (Fsp3) is 0.0588. The number of hydrogen-bond donors (Lipinski definition) is 0. The summed E-state index contributed by atoms with van der Waals surface area (Å²) in [4.78, 5) is 14.3. The van der Waals surface area contributed by atoms with Crippen LogP contribution in [0.4, 0.5) is 0 Å². The molecule has 2 heterocycles. The van der Waals surface area contributed by atoms with E-state index in [-0.39, 0.29) is 5.91 Å². The Hall–Kier alpha value is -1.53. The summed E-state index contributed by atoms with van der Waals surface area (Å²) < 4.78 is 6.29. The van der Waals surface area contributed by atoms with E-state index in [4.69, 9.17) is 39.8 Å². The average Bonchev–Trinajstić information content (AvgIpc) is 3.08. The smallest absolute Gasteiger partial charge is 0.266 e. The van der Waals surface area contributed by atoms with Gasteiger partial charge in [0.1, 0.15) is 15.8 Å². The maximum Gasteiger partial charge on any atom is 0.266 e. The summed E-state index contributed by atoms with van der Waals surface area (Å²) in [7, 11) is 0. The first-order chi connectivity index (χ1) is 11.5. The summed E-state index contributed by atoms with van der Waals surface area (Å²) in [5.41, 5.74) is 0.770. The topological polar surface area (TPSA) is 33.5 Å². The van der Waals surface area contributed by atoms with E-state index in [1.807, 2.05) is 0 Å². The standard InChI is InChI=1S/C17H11Cl2NO2S2/c1-2-5-20-16(21)15(24-17(20)23)9-13-3-4-14(22-13)10-6-11(18)8-12(19)7-10/h2-4,6-9H,1,5H2. The van der Waals surface area contributed by atoms with E-state index >= 15 is 0 Å². The molecule has 0 bridgehead atoms. The number of halogens is 2. The van der Waals surface area contributed by atoms with Crippen molar-refractivity contribution >= 4 is 63.5 Å². The molecule has 0 radical (unpaired) electrons. The first-order valence-corrected chi connectivity index (χ1v) is 8.88. The molecular formula is C17H11Cl2NO2S2. The number of nitrogens with zero attached hydrogens (tertiary/aromatic N) is 1. The van der Waals surface area contributed by atoms with E-state index in [1.165, 1.54) is 16.7 Å². The van der Waals surface area contributed by atoms with Crippen LogP contribution in [0.5, 0.6) is 0 Å². The van der Waals surface area contributed by atoms with Gasteiger partial charge in [-0.2, -0.15) is 0 Å². The summed E-state index contributed by atoms with van der Waals surface area (Å²) in [6.07, 6.45) is 3.32. The molecule has 0 unspecified atom stereocenters. The zero-order chi connectivity index (χ0) is 17.3. The Kier molecular flexibility index (Phi) is 5.15. The van der Waals surface area contributed by atoms with Gasteiger partial charge in [0.05, 0.1) is 4.91 Å².